The molecule has 4 heteroatoms. The number of ether oxygens (including phenoxy) is 1. The SMILES string of the molecule is C1CCOC1.CNCCC(=O)O. The summed E-state index contributed by atoms with van der Waals surface area (Å²) in [5.74, 6) is -0.755. The largest absolute Gasteiger partial charge is 0.481 e. The van der Waals surface area contributed by atoms with Crippen molar-refractivity contribution in [3.8, 4) is 0 Å². The van der Waals surface area contributed by atoms with E-state index in [2.05, 4.69) is 5.32 Å². The highest BCUT2D eigenvalue weighted by atomic mass is 16.5. The van der Waals surface area contributed by atoms with E-state index in [4.69, 9.17) is 9.84 Å². The first-order valence-electron chi connectivity index (χ1n) is 4.21. The Balaban J connectivity index is 0.000000211. The van der Waals surface area contributed by atoms with E-state index in [1.54, 1.807) is 7.05 Å². The van der Waals surface area contributed by atoms with Crippen LogP contribution in [0.4, 0.5) is 0 Å². The van der Waals surface area contributed by atoms with Crippen LogP contribution >= 0.6 is 0 Å². The quantitative estimate of drug-likeness (QED) is 0.655. The summed E-state index contributed by atoms with van der Waals surface area (Å²) < 4.78 is 4.94. The fourth-order valence-corrected chi connectivity index (χ4v) is 0.742. The molecule has 2 N–H and O–H groups in total. The number of nitrogens with one attached hydrogen (secondary N) is 1. The Morgan fingerprint density at radius 3 is 2.25 bits per heavy atom. The summed E-state index contributed by atoms with van der Waals surface area (Å²) in [6.45, 7) is 2.55. The van der Waals surface area contributed by atoms with Gasteiger partial charge in [-0.05, 0) is 19.9 Å². The lowest BCUT2D eigenvalue weighted by Crippen LogP contribution is -2.11. The summed E-state index contributed by atoms with van der Waals surface area (Å²) in [7, 11) is 1.73. The Kier molecular flexibility index (Phi) is 8.05. The van der Waals surface area contributed by atoms with Crippen LogP contribution in [0.3, 0.4) is 0 Å². The molecule has 0 aliphatic carbocycles. The molecule has 0 unspecified atom stereocenters. The summed E-state index contributed by atoms with van der Waals surface area (Å²) in [6.07, 6.45) is 2.76. The first-order valence-corrected chi connectivity index (χ1v) is 4.21. The molecule has 0 atom stereocenters. The third kappa shape index (κ3) is 9.39. The minimum Gasteiger partial charge on any atom is -0.481 e. The van der Waals surface area contributed by atoms with Crippen LogP contribution in [-0.2, 0) is 9.53 Å². The van der Waals surface area contributed by atoms with Gasteiger partial charge in [-0.3, -0.25) is 4.79 Å². The molecule has 4 nitrogen and oxygen atoms in total. The van der Waals surface area contributed by atoms with Gasteiger partial charge in [-0.2, -0.15) is 0 Å². The molecule has 12 heavy (non-hydrogen) atoms. The van der Waals surface area contributed by atoms with E-state index in [1.807, 2.05) is 0 Å². The zero-order valence-electron chi connectivity index (χ0n) is 7.51. The Morgan fingerprint density at radius 2 is 2.08 bits per heavy atom. The van der Waals surface area contributed by atoms with Crippen LogP contribution in [0.1, 0.15) is 19.3 Å². The Labute approximate surface area is 72.9 Å². The van der Waals surface area contributed by atoms with Gasteiger partial charge in [0.1, 0.15) is 0 Å². The van der Waals surface area contributed by atoms with Crippen molar-refractivity contribution in [2.45, 2.75) is 19.3 Å². The van der Waals surface area contributed by atoms with Crippen molar-refractivity contribution in [3.63, 3.8) is 0 Å². The second-order valence-electron chi connectivity index (χ2n) is 2.57. The van der Waals surface area contributed by atoms with Crippen LogP contribution in [-0.4, -0.2) is 37.9 Å². The third-order valence-corrected chi connectivity index (χ3v) is 1.42. The number of carbonyl (C=O) groups is 1. The summed E-state index contributed by atoms with van der Waals surface area (Å²) in [5.41, 5.74) is 0. The third-order valence-electron chi connectivity index (χ3n) is 1.42. The average molecular weight is 175 g/mol. The standard InChI is InChI=1S/C4H9NO2.C4H8O/c1-5-3-2-4(6)7;1-2-4-5-3-1/h5H,2-3H2,1H3,(H,6,7);1-4H2. The van der Waals surface area contributed by atoms with Crippen LogP contribution in [0.25, 0.3) is 0 Å². The van der Waals surface area contributed by atoms with Crippen molar-refractivity contribution in [2.75, 3.05) is 26.8 Å². The molecule has 0 spiro atoms. The first kappa shape index (κ1) is 11.4. The summed E-state index contributed by atoms with van der Waals surface area (Å²) >= 11 is 0. The molecule has 1 aliphatic rings. The lowest BCUT2D eigenvalue weighted by Gasteiger charge is -1.88. The van der Waals surface area contributed by atoms with Gasteiger partial charge in [0.05, 0.1) is 6.42 Å². The van der Waals surface area contributed by atoms with E-state index in [0.29, 0.717) is 6.54 Å². The molecule has 72 valence electrons. The van der Waals surface area contributed by atoms with Gasteiger partial charge in [-0.15, -0.1) is 0 Å². The zero-order chi connectivity index (χ0) is 9.23. The van der Waals surface area contributed by atoms with Gasteiger partial charge in [-0.25, -0.2) is 0 Å². The molecule has 0 aromatic rings. The van der Waals surface area contributed by atoms with Gasteiger partial charge in [0, 0.05) is 19.8 Å². The Morgan fingerprint density at radius 1 is 1.50 bits per heavy atom. The minimum absolute atomic E-state index is 0.205. The lowest BCUT2D eigenvalue weighted by atomic mass is 10.4. The molecule has 0 bridgehead atoms. The molecule has 0 amide bonds. The van der Waals surface area contributed by atoms with Gasteiger partial charge in [-0.1, -0.05) is 0 Å². The molecule has 1 saturated heterocycles. The maximum Gasteiger partial charge on any atom is 0.304 e. The molecule has 1 fully saturated rings. The van der Waals surface area contributed by atoms with Crippen LogP contribution < -0.4 is 5.32 Å². The van der Waals surface area contributed by atoms with E-state index in [-0.39, 0.29) is 6.42 Å². The fourth-order valence-electron chi connectivity index (χ4n) is 0.742. The van der Waals surface area contributed by atoms with Crippen molar-refractivity contribution < 1.29 is 14.6 Å². The Hall–Kier alpha value is -0.610. The predicted octanol–water partition coefficient (Wildman–Crippen LogP) is 0.477. The van der Waals surface area contributed by atoms with Crippen LogP contribution in [0.5, 0.6) is 0 Å². The number of hydrogen-bond donors (Lipinski definition) is 2. The Bertz CT molecular complexity index is 105. The molecule has 0 saturated carbocycles. The smallest absolute Gasteiger partial charge is 0.304 e. The number of hydrogen-bond acceptors (Lipinski definition) is 3. The van der Waals surface area contributed by atoms with E-state index < -0.39 is 5.97 Å². The van der Waals surface area contributed by atoms with Gasteiger partial charge >= 0.3 is 5.97 Å². The molecule has 0 aromatic carbocycles. The molecule has 1 rings (SSSR count). The predicted molar refractivity (Wildman–Crippen MR) is 46.2 cm³/mol. The monoisotopic (exact) mass is 175 g/mol. The molecule has 0 aromatic heterocycles. The summed E-state index contributed by atoms with van der Waals surface area (Å²) in [4.78, 5) is 9.72. The molecule has 1 aliphatic heterocycles. The first-order chi connectivity index (χ1) is 5.77. The second-order valence-corrected chi connectivity index (χ2v) is 2.57. The van der Waals surface area contributed by atoms with Crippen LogP contribution in [0.15, 0.2) is 0 Å². The van der Waals surface area contributed by atoms with Gasteiger partial charge in [0.2, 0.25) is 0 Å². The molecular formula is C8H17NO3. The molecular weight excluding hydrogens is 158 g/mol. The van der Waals surface area contributed by atoms with Gasteiger partial charge < -0.3 is 15.2 Å². The van der Waals surface area contributed by atoms with E-state index in [1.165, 1.54) is 12.8 Å². The number of carboxylic acid groups (broad SMARTS) is 1. The topological polar surface area (TPSA) is 58.6 Å². The molecule has 1 heterocycles. The number of rotatable bonds is 3. The summed E-state index contributed by atoms with van der Waals surface area (Å²) in [6, 6.07) is 0. The van der Waals surface area contributed by atoms with E-state index >= 15 is 0 Å². The molecule has 0 radical (unpaired) electrons. The summed E-state index contributed by atoms with van der Waals surface area (Å²) in [5, 5.41) is 10.7. The highest BCUT2D eigenvalue weighted by molar-refractivity contribution is 5.66. The average Bonchev–Trinajstić information content (AvgIpc) is 2.57. The van der Waals surface area contributed by atoms with Crippen molar-refractivity contribution >= 4 is 5.97 Å². The van der Waals surface area contributed by atoms with Crippen molar-refractivity contribution in [1.29, 1.82) is 0 Å². The van der Waals surface area contributed by atoms with Crippen molar-refractivity contribution in [1.82, 2.24) is 5.32 Å². The second kappa shape index (κ2) is 8.49. The van der Waals surface area contributed by atoms with Crippen LogP contribution in [0, 0.1) is 0 Å². The normalized spacial score (nSPS) is 15.1. The fraction of sp³-hybridized carbons (Fsp3) is 0.875. The van der Waals surface area contributed by atoms with Crippen LogP contribution in [0.2, 0.25) is 0 Å². The highest BCUT2D eigenvalue weighted by Crippen LogP contribution is 1.98. The van der Waals surface area contributed by atoms with Crippen molar-refractivity contribution in [2.24, 2.45) is 0 Å². The number of aliphatic carboxylic acids is 1. The van der Waals surface area contributed by atoms with E-state index in [9.17, 15) is 4.79 Å². The van der Waals surface area contributed by atoms with E-state index in [0.717, 1.165) is 13.2 Å². The lowest BCUT2D eigenvalue weighted by molar-refractivity contribution is -0.136. The minimum atomic E-state index is -0.755. The zero-order valence-corrected chi connectivity index (χ0v) is 7.51. The van der Waals surface area contributed by atoms with Gasteiger partial charge in [0.15, 0.2) is 0 Å². The maximum absolute atomic E-state index is 9.72. The van der Waals surface area contributed by atoms with Crippen molar-refractivity contribution in [3.05, 3.63) is 0 Å². The maximum atomic E-state index is 9.72. The number of carboxylic acids is 1. The highest BCUT2D eigenvalue weighted by Gasteiger charge is 1.94. The van der Waals surface area contributed by atoms with Gasteiger partial charge in [0.25, 0.3) is 0 Å².